The van der Waals surface area contributed by atoms with Gasteiger partial charge in [0.25, 0.3) is 5.92 Å². The standard InChI is InChI=1S/C14H9Cl2F7N4O2S2/c1-30(28,29)13(5-14(13,17)18)10-9(4-24)26-27(12(10)25)11-7(15)2-6(3-8(11)16)31(19,20,21,22)23/h2-3H,5,25H2,1H3. The van der Waals surface area contributed by atoms with Gasteiger partial charge in [-0.2, -0.15) is 10.4 Å². The van der Waals surface area contributed by atoms with E-state index in [9.17, 15) is 41.9 Å². The van der Waals surface area contributed by atoms with E-state index in [-0.39, 0.29) is 12.1 Å². The lowest BCUT2D eigenvalue weighted by Gasteiger charge is -2.40. The molecule has 0 spiro atoms. The summed E-state index contributed by atoms with van der Waals surface area (Å²) in [6.07, 6.45) is -0.747. The molecule has 1 aliphatic carbocycles. The summed E-state index contributed by atoms with van der Waals surface area (Å²) in [5.41, 5.74) is 3.21. The first kappa shape index (κ1) is 23.8. The van der Waals surface area contributed by atoms with Crippen molar-refractivity contribution in [1.29, 1.82) is 5.26 Å². The minimum Gasteiger partial charge on any atom is -0.383 e. The van der Waals surface area contributed by atoms with Gasteiger partial charge in [-0.1, -0.05) is 42.6 Å². The smallest absolute Gasteiger partial charge is 0.310 e. The molecule has 1 aromatic heterocycles. The van der Waals surface area contributed by atoms with Crippen LogP contribution >= 0.6 is 33.4 Å². The van der Waals surface area contributed by atoms with Crippen LogP contribution in [0.15, 0.2) is 17.0 Å². The number of aromatic nitrogens is 2. The van der Waals surface area contributed by atoms with Crippen LogP contribution in [0.4, 0.5) is 34.0 Å². The van der Waals surface area contributed by atoms with Crippen molar-refractivity contribution in [2.75, 3.05) is 12.0 Å². The van der Waals surface area contributed by atoms with E-state index in [2.05, 4.69) is 5.10 Å². The van der Waals surface area contributed by atoms with Gasteiger partial charge in [0.15, 0.2) is 20.3 Å². The highest BCUT2D eigenvalue weighted by molar-refractivity contribution is 8.45. The van der Waals surface area contributed by atoms with Crippen LogP contribution in [-0.4, -0.2) is 30.4 Å². The van der Waals surface area contributed by atoms with Crippen molar-refractivity contribution in [1.82, 2.24) is 9.78 Å². The molecular weight excluding hydrogens is 524 g/mol. The van der Waals surface area contributed by atoms with Gasteiger partial charge in [-0.25, -0.2) is 21.9 Å². The molecule has 2 N–H and O–H groups in total. The number of nitriles is 1. The monoisotopic (exact) mass is 532 g/mol. The van der Waals surface area contributed by atoms with Gasteiger partial charge < -0.3 is 5.73 Å². The molecule has 1 aromatic carbocycles. The number of hydrogen-bond acceptors (Lipinski definition) is 5. The molecule has 1 saturated carbocycles. The van der Waals surface area contributed by atoms with E-state index in [0.29, 0.717) is 10.9 Å². The van der Waals surface area contributed by atoms with E-state index >= 15 is 0 Å². The van der Waals surface area contributed by atoms with Crippen molar-refractivity contribution in [3.8, 4) is 11.8 Å². The molecule has 0 bridgehead atoms. The summed E-state index contributed by atoms with van der Waals surface area (Å²) < 4.78 is 115. The third-order valence-electron chi connectivity index (χ3n) is 4.65. The third-order valence-corrected chi connectivity index (χ3v) is 8.26. The Hall–Kier alpha value is -1.89. The molecule has 172 valence electrons. The minimum atomic E-state index is -10.2. The number of rotatable bonds is 4. The van der Waals surface area contributed by atoms with Crippen molar-refractivity contribution in [2.24, 2.45) is 0 Å². The number of anilines is 1. The highest BCUT2D eigenvalue weighted by Gasteiger charge is 2.80. The maximum absolute atomic E-state index is 14.1. The van der Waals surface area contributed by atoms with Crippen molar-refractivity contribution >= 4 is 49.1 Å². The van der Waals surface area contributed by atoms with Crippen LogP contribution in [0, 0.1) is 11.3 Å². The summed E-state index contributed by atoms with van der Waals surface area (Å²) in [7, 11) is -14.8. The normalized spacial score (nSPS) is 23.0. The molecule has 31 heavy (non-hydrogen) atoms. The third kappa shape index (κ3) is 3.49. The first-order valence-electron chi connectivity index (χ1n) is 7.67. The first-order valence-corrected chi connectivity index (χ1v) is 12.3. The van der Waals surface area contributed by atoms with Gasteiger partial charge in [0.2, 0.25) is 0 Å². The zero-order chi connectivity index (χ0) is 24.1. The number of benzene rings is 1. The van der Waals surface area contributed by atoms with Crippen molar-refractivity contribution in [3.05, 3.63) is 33.4 Å². The number of nitrogens with two attached hydrogens (primary N) is 1. The lowest BCUT2D eigenvalue weighted by molar-refractivity contribution is 0.104. The fraction of sp³-hybridized carbons (Fsp3) is 0.286. The molecule has 1 fully saturated rings. The highest BCUT2D eigenvalue weighted by Crippen LogP contribution is 3.02. The summed E-state index contributed by atoms with van der Waals surface area (Å²) >= 11 is 11.4. The molecule has 17 heteroatoms. The molecule has 0 radical (unpaired) electrons. The summed E-state index contributed by atoms with van der Waals surface area (Å²) in [6, 6.07) is 1.04. The van der Waals surface area contributed by atoms with Crippen LogP contribution in [0.2, 0.25) is 10.0 Å². The molecular formula is C14H9Cl2F7N4O2S2. The van der Waals surface area contributed by atoms with Crippen molar-refractivity contribution in [2.45, 2.75) is 22.0 Å². The Kier molecular flexibility index (Phi) is 4.38. The van der Waals surface area contributed by atoms with Crippen LogP contribution in [0.5, 0.6) is 0 Å². The molecule has 1 unspecified atom stereocenters. The van der Waals surface area contributed by atoms with Crippen molar-refractivity contribution in [3.63, 3.8) is 0 Å². The number of nitrogen functional groups attached to an aromatic ring is 1. The van der Waals surface area contributed by atoms with E-state index in [4.69, 9.17) is 28.9 Å². The Bertz CT molecular complexity index is 1280. The number of alkyl halides is 2. The van der Waals surface area contributed by atoms with Crippen molar-refractivity contribution < 1.29 is 36.6 Å². The van der Waals surface area contributed by atoms with E-state index < -0.39 is 74.9 Å². The quantitative estimate of drug-likeness (QED) is 0.518. The van der Waals surface area contributed by atoms with E-state index in [1.165, 1.54) is 6.07 Å². The van der Waals surface area contributed by atoms with Gasteiger partial charge in [0.05, 0.1) is 15.6 Å². The second-order valence-electron chi connectivity index (χ2n) is 6.82. The van der Waals surface area contributed by atoms with Gasteiger partial charge >= 0.3 is 10.2 Å². The Morgan fingerprint density at radius 1 is 1.19 bits per heavy atom. The molecule has 0 aliphatic heterocycles. The summed E-state index contributed by atoms with van der Waals surface area (Å²) in [5, 5.41) is 10.7. The first-order chi connectivity index (χ1) is 13.6. The summed E-state index contributed by atoms with van der Waals surface area (Å²) in [5.74, 6) is -4.71. The average molecular weight is 533 g/mol. The Morgan fingerprint density at radius 2 is 1.65 bits per heavy atom. The molecule has 1 atom stereocenters. The zero-order valence-corrected chi connectivity index (χ0v) is 18.0. The van der Waals surface area contributed by atoms with Crippen LogP contribution in [-0.2, 0) is 14.6 Å². The minimum absolute atomic E-state index is 0.171. The summed E-state index contributed by atoms with van der Waals surface area (Å²) in [4.78, 5) is -2.44. The predicted molar refractivity (Wildman–Crippen MR) is 100 cm³/mol. The predicted octanol–water partition coefficient (Wildman–Crippen LogP) is 5.57. The van der Waals surface area contributed by atoms with Gasteiger partial charge in [0, 0.05) is 12.7 Å². The molecule has 2 aromatic rings. The second kappa shape index (κ2) is 5.72. The second-order valence-corrected chi connectivity index (χ2v) is 12.3. The zero-order valence-electron chi connectivity index (χ0n) is 14.8. The van der Waals surface area contributed by atoms with Gasteiger partial charge in [-0.05, 0) is 12.1 Å². The van der Waals surface area contributed by atoms with Crippen LogP contribution in [0.3, 0.4) is 0 Å². The van der Waals surface area contributed by atoms with Gasteiger partial charge in [-0.15, -0.1) is 0 Å². The largest absolute Gasteiger partial charge is 0.383 e. The topological polar surface area (TPSA) is 102 Å². The van der Waals surface area contributed by atoms with Gasteiger partial charge in [-0.3, -0.25) is 0 Å². The highest BCUT2D eigenvalue weighted by atomic mass is 35.5. The van der Waals surface area contributed by atoms with Crippen LogP contribution in [0.1, 0.15) is 17.7 Å². The fourth-order valence-electron chi connectivity index (χ4n) is 3.17. The molecule has 0 amide bonds. The molecule has 1 aliphatic rings. The lowest BCUT2D eigenvalue weighted by Crippen LogP contribution is -2.28. The maximum atomic E-state index is 14.1. The van der Waals surface area contributed by atoms with Crippen LogP contribution in [0.25, 0.3) is 5.69 Å². The average Bonchev–Trinajstić information content (AvgIpc) is 2.98. The van der Waals surface area contributed by atoms with E-state index in [1.54, 1.807) is 0 Å². The summed E-state index contributed by atoms with van der Waals surface area (Å²) in [6.45, 7) is 0. The lowest BCUT2D eigenvalue weighted by atomic mass is 10.1. The maximum Gasteiger partial charge on any atom is 0.310 e. The van der Waals surface area contributed by atoms with Crippen LogP contribution < -0.4 is 5.73 Å². The van der Waals surface area contributed by atoms with E-state index in [0.717, 1.165) is 0 Å². The number of hydrogen-bond donors (Lipinski definition) is 1. The Labute approximate surface area is 180 Å². The number of sulfone groups is 1. The number of nitrogens with zero attached hydrogens (tertiary/aromatic N) is 3. The fourth-order valence-corrected chi connectivity index (χ4v) is 6.19. The molecule has 3 rings (SSSR count). The Morgan fingerprint density at radius 3 is 1.97 bits per heavy atom. The number of halogens is 9. The molecule has 0 saturated heterocycles. The SMILES string of the molecule is CS(=O)(=O)C1(c2c(C#N)nn(-c3c(Cl)cc(S(F)(F)(F)(F)F)cc3Cl)c2N)CC1(F)F. The Balaban J connectivity index is 2.34. The van der Waals surface area contributed by atoms with E-state index in [1.807, 2.05) is 0 Å². The molecule has 1 heterocycles. The van der Waals surface area contributed by atoms with Gasteiger partial charge in [0.1, 0.15) is 22.5 Å². The molecule has 6 nitrogen and oxygen atoms in total.